The van der Waals surface area contributed by atoms with Gasteiger partial charge < -0.3 is 20.5 Å². The molecule has 1 atom stereocenters. The minimum absolute atomic E-state index is 0.0739. The highest BCUT2D eigenvalue weighted by molar-refractivity contribution is 5.95. The van der Waals surface area contributed by atoms with E-state index in [1.54, 1.807) is 11.0 Å². The molecule has 1 aromatic rings. The van der Waals surface area contributed by atoms with Crippen LogP contribution >= 0.6 is 0 Å². The average Bonchev–Trinajstić information content (AvgIpc) is 2.34. The van der Waals surface area contributed by atoms with Gasteiger partial charge in [-0.15, -0.1) is 0 Å². The zero-order valence-electron chi connectivity index (χ0n) is 12.2. The highest BCUT2D eigenvalue weighted by atomic mass is 16.5. The normalized spacial score (nSPS) is 21.8. The van der Waals surface area contributed by atoms with Crippen molar-refractivity contribution >= 4 is 11.6 Å². The minimum atomic E-state index is -0.462. The summed E-state index contributed by atoms with van der Waals surface area (Å²) in [6.45, 7) is 6.54. The van der Waals surface area contributed by atoms with Crippen LogP contribution in [0.25, 0.3) is 0 Å². The van der Waals surface area contributed by atoms with Gasteiger partial charge in [-0.25, -0.2) is 0 Å². The van der Waals surface area contributed by atoms with Crippen LogP contribution in [0.2, 0.25) is 0 Å². The maximum absolute atomic E-state index is 12.6. The Bertz CT molecular complexity index is 494. The van der Waals surface area contributed by atoms with E-state index < -0.39 is 5.60 Å². The van der Waals surface area contributed by atoms with E-state index in [0.29, 0.717) is 24.3 Å². The van der Waals surface area contributed by atoms with Gasteiger partial charge in [0.1, 0.15) is 0 Å². The fourth-order valence-electron chi connectivity index (χ4n) is 2.66. The van der Waals surface area contributed by atoms with Gasteiger partial charge in [-0.2, -0.15) is 0 Å². The average molecular weight is 278 g/mol. The minimum Gasteiger partial charge on any atom is -0.399 e. The van der Waals surface area contributed by atoms with Crippen molar-refractivity contribution in [2.24, 2.45) is 0 Å². The van der Waals surface area contributed by atoms with E-state index in [1.807, 2.05) is 32.9 Å². The Morgan fingerprint density at radius 3 is 2.80 bits per heavy atom. The van der Waals surface area contributed by atoms with Crippen molar-refractivity contribution in [1.29, 1.82) is 0 Å². The molecule has 2 rings (SSSR count). The zero-order chi connectivity index (χ0) is 14.9. The van der Waals surface area contributed by atoms with Gasteiger partial charge in [0.15, 0.2) is 0 Å². The van der Waals surface area contributed by atoms with Gasteiger partial charge in [-0.3, -0.25) is 4.79 Å². The maximum atomic E-state index is 12.6. The molecular weight excluding hydrogens is 256 g/mol. The predicted octanol–water partition coefficient (Wildman–Crippen LogP) is 1.19. The summed E-state index contributed by atoms with van der Waals surface area (Å²) in [6, 6.07) is 5.34. The van der Waals surface area contributed by atoms with Gasteiger partial charge in [0.25, 0.3) is 5.91 Å². The molecule has 20 heavy (non-hydrogen) atoms. The number of hydrogen-bond acceptors (Lipinski definition) is 4. The van der Waals surface area contributed by atoms with Crippen molar-refractivity contribution in [2.75, 3.05) is 25.4 Å². The summed E-state index contributed by atoms with van der Waals surface area (Å²) in [5.74, 6) is -0.0739. The molecule has 5 nitrogen and oxygen atoms in total. The molecule has 1 aromatic carbocycles. The number of aryl methyl sites for hydroxylation is 1. The van der Waals surface area contributed by atoms with E-state index in [-0.39, 0.29) is 18.6 Å². The summed E-state index contributed by atoms with van der Waals surface area (Å²) < 4.78 is 5.72. The molecule has 1 fully saturated rings. The molecule has 0 radical (unpaired) electrons. The molecule has 1 amide bonds. The van der Waals surface area contributed by atoms with Crippen LogP contribution in [0.3, 0.4) is 0 Å². The van der Waals surface area contributed by atoms with Crippen LogP contribution in [-0.2, 0) is 4.74 Å². The number of nitrogens with two attached hydrogens (primary N) is 1. The number of carbonyl (C=O) groups is 1. The van der Waals surface area contributed by atoms with Crippen LogP contribution in [0.4, 0.5) is 5.69 Å². The lowest BCUT2D eigenvalue weighted by atomic mass is 10.0. The Balaban J connectivity index is 2.23. The molecule has 1 unspecified atom stereocenters. The van der Waals surface area contributed by atoms with Crippen molar-refractivity contribution in [3.63, 3.8) is 0 Å². The first kappa shape index (κ1) is 14.8. The third-order valence-electron chi connectivity index (χ3n) is 3.32. The Hall–Kier alpha value is -1.59. The molecule has 3 N–H and O–H groups in total. The Labute approximate surface area is 119 Å². The van der Waals surface area contributed by atoms with Crippen LogP contribution in [-0.4, -0.2) is 47.3 Å². The fourth-order valence-corrected chi connectivity index (χ4v) is 2.66. The quantitative estimate of drug-likeness (QED) is 0.797. The Morgan fingerprint density at radius 2 is 2.20 bits per heavy atom. The number of aliphatic hydroxyl groups is 1. The van der Waals surface area contributed by atoms with Crippen LogP contribution in [0.1, 0.15) is 29.8 Å². The smallest absolute Gasteiger partial charge is 0.254 e. The van der Waals surface area contributed by atoms with Crippen LogP contribution in [0.5, 0.6) is 0 Å². The number of morpholine rings is 1. The molecule has 5 heteroatoms. The lowest BCUT2D eigenvalue weighted by molar-refractivity contribution is -0.139. The molecule has 1 heterocycles. The van der Waals surface area contributed by atoms with Crippen molar-refractivity contribution in [1.82, 2.24) is 4.90 Å². The summed E-state index contributed by atoms with van der Waals surface area (Å²) in [7, 11) is 0. The third kappa shape index (κ3) is 3.29. The second kappa shape index (κ2) is 5.42. The number of anilines is 1. The van der Waals surface area contributed by atoms with Gasteiger partial charge >= 0.3 is 0 Å². The zero-order valence-corrected chi connectivity index (χ0v) is 12.2. The molecule has 0 aliphatic carbocycles. The van der Waals surface area contributed by atoms with E-state index in [9.17, 15) is 9.90 Å². The van der Waals surface area contributed by atoms with Crippen molar-refractivity contribution in [2.45, 2.75) is 32.5 Å². The van der Waals surface area contributed by atoms with E-state index in [0.717, 1.165) is 5.56 Å². The van der Waals surface area contributed by atoms with Gasteiger partial charge in [-0.1, -0.05) is 0 Å². The second-order valence-corrected chi connectivity index (χ2v) is 6.00. The number of amides is 1. The van der Waals surface area contributed by atoms with Gasteiger partial charge in [0.2, 0.25) is 0 Å². The Morgan fingerprint density at radius 1 is 1.50 bits per heavy atom. The summed E-state index contributed by atoms with van der Waals surface area (Å²) in [4.78, 5) is 14.3. The number of benzene rings is 1. The summed E-state index contributed by atoms with van der Waals surface area (Å²) in [5, 5.41) is 9.30. The van der Waals surface area contributed by atoms with E-state index in [1.165, 1.54) is 0 Å². The van der Waals surface area contributed by atoms with Gasteiger partial charge in [0.05, 0.1) is 18.3 Å². The molecule has 0 aromatic heterocycles. The highest BCUT2D eigenvalue weighted by Gasteiger charge is 2.35. The number of carbonyl (C=O) groups excluding carboxylic acids is 1. The highest BCUT2D eigenvalue weighted by Crippen LogP contribution is 2.23. The van der Waals surface area contributed by atoms with E-state index >= 15 is 0 Å². The van der Waals surface area contributed by atoms with E-state index in [2.05, 4.69) is 0 Å². The molecular formula is C15H22N2O3. The molecule has 1 aliphatic rings. The standard InChI is InChI=1S/C15H22N2O3/c1-10-4-11(6-12(16)5-10)14(19)17-7-13(8-18)20-15(2,3)9-17/h4-6,13,18H,7-9,16H2,1-3H3. The first-order chi connectivity index (χ1) is 9.30. The first-order valence-corrected chi connectivity index (χ1v) is 6.76. The van der Waals surface area contributed by atoms with Gasteiger partial charge in [0, 0.05) is 24.3 Å². The monoisotopic (exact) mass is 278 g/mol. The topological polar surface area (TPSA) is 75.8 Å². The lowest BCUT2D eigenvalue weighted by Crippen LogP contribution is -2.55. The largest absolute Gasteiger partial charge is 0.399 e. The second-order valence-electron chi connectivity index (χ2n) is 6.00. The van der Waals surface area contributed by atoms with Gasteiger partial charge in [-0.05, 0) is 44.5 Å². The fraction of sp³-hybridized carbons (Fsp3) is 0.533. The van der Waals surface area contributed by atoms with Crippen molar-refractivity contribution in [3.8, 4) is 0 Å². The number of nitrogen functional groups attached to an aromatic ring is 1. The molecule has 1 saturated heterocycles. The summed E-state index contributed by atoms with van der Waals surface area (Å²) in [5.41, 5.74) is 7.46. The van der Waals surface area contributed by atoms with E-state index in [4.69, 9.17) is 10.5 Å². The molecule has 110 valence electrons. The lowest BCUT2D eigenvalue weighted by Gasteiger charge is -2.42. The van der Waals surface area contributed by atoms with Crippen LogP contribution in [0.15, 0.2) is 18.2 Å². The maximum Gasteiger partial charge on any atom is 0.254 e. The Kier molecular flexibility index (Phi) is 4.01. The molecule has 0 bridgehead atoms. The number of nitrogens with zero attached hydrogens (tertiary/aromatic N) is 1. The summed E-state index contributed by atoms with van der Waals surface area (Å²) in [6.07, 6.45) is -0.343. The van der Waals surface area contributed by atoms with Crippen LogP contribution < -0.4 is 5.73 Å². The SMILES string of the molecule is Cc1cc(N)cc(C(=O)N2CC(CO)OC(C)(C)C2)c1. The third-order valence-corrected chi connectivity index (χ3v) is 3.32. The number of aliphatic hydroxyl groups excluding tert-OH is 1. The number of ether oxygens (including phenoxy) is 1. The van der Waals surface area contributed by atoms with Crippen molar-refractivity contribution in [3.05, 3.63) is 29.3 Å². The van der Waals surface area contributed by atoms with Crippen molar-refractivity contribution < 1.29 is 14.6 Å². The first-order valence-electron chi connectivity index (χ1n) is 6.76. The van der Waals surface area contributed by atoms with Crippen LogP contribution in [0, 0.1) is 6.92 Å². The number of hydrogen-bond donors (Lipinski definition) is 2. The predicted molar refractivity (Wildman–Crippen MR) is 77.5 cm³/mol. The number of rotatable bonds is 2. The molecule has 1 aliphatic heterocycles. The summed E-state index contributed by atoms with van der Waals surface area (Å²) >= 11 is 0. The molecule has 0 spiro atoms. The molecule has 0 saturated carbocycles.